The van der Waals surface area contributed by atoms with E-state index in [1.54, 1.807) is 51.4 Å². The Kier molecular flexibility index (Phi) is 5.46. The molecule has 20 heavy (non-hydrogen) atoms. The van der Waals surface area contributed by atoms with Crippen LogP contribution in [0.1, 0.15) is 96.8 Å². The molecule has 0 aromatic rings. The Bertz CT molecular complexity index is 276. The summed E-state index contributed by atoms with van der Waals surface area (Å²) in [5.74, 6) is 5.54. The largest absolute Gasteiger partial charge is 0.0651 e. The molecular formula is C20H36. The third-order valence-corrected chi connectivity index (χ3v) is 7.14. The van der Waals surface area contributed by atoms with Gasteiger partial charge in [0.05, 0.1) is 0 Å². The SMILES string of the molecule is CCC1CCCC(C2CCCC(C3CCCCC3)C2)C1. The average Bonchev–Trinajstić information content (AvgIpc) is 2.56. The molecule has 3 rings (SSSR count). The van der Waals surface area contributed by atoms with Crippen LogP contribution in [-0.2, 0) is 0 Å². The molecule has 0 saturated heterocycles. The summed E-state index contributed by atoms with van der Waals surface area (Å²) in [5, 5.41) is 0. The first kappa shape index (κ1) is 14.9. The maximum atomic E-state index is 2.42. The molecule has 3 fully saturated rings. The fraction of sp³-hybridized carbons (Fsp3) is 1.00. The summed E-state index contributed by atoms with van der Waals surface area (Å²) in [6.07, 6.45) is 21.7. The molecule has 0 radical (unpaired) electrons. The van der Waals surface area contributed by atoms with E-state index in [9.17, 15) is 0 Å². The molecule has 4 atom stereocenters. The van der Waals surface area contributed by atoms with Crippen LogP contribution in [0.2, 0.25) is 0 Å². The molecule has 4 unspecified atom stereocenters. The Morgan fingerprint density at radius 1 is 0.550 bits per heavy atom. The topological polar surface area (TPSA) is 0 Å². The van der Waals surface area contributed by atoms with Crippen LogP contribution in [0.3, 0.4) is 0 Å². The first-order valence-electron chi connectivity index (χ1n) is 9.86. The lowest BCUT2D eigenvalue weighted by molar-refractivity contribution is 0.0964. The summed E-state index contributed by atoms with van der Waals surface area (Å²) in [7, 11) is 0. The van der Waals surface area contributed by atoms with Crippen LogP contribution < -0.4 is 0 Å². The summed E-state index contributed by atoms with van der Waals surface area (Å²) in [4.78, 5) is 0. The number of hydrogen-bond donors (Lipinski definition) is 0. The normalized spacial score (nSPS) is 40.6. The second kappa shape index (κ2) is 7.32. The minimum atomic E-state index is 1.07. The molecule has 0 aromatic heterocycles. The highest BCUT2D eigenvalue weighted by Gasteiger charge is 2.34. The van der Waals surface area contributed by atoms with Crippen LogP contribution in [-0.4, -0.2) is 0 Å². The van der Waals surface area contributed by atoms with Crippen molar-refractivity contribution < 1.29 is 0 Å². The molecule has 0 spiro atoms. The minimum absolute atomic E-state index is 1.07. The molecule has 0 nitrogen and oxygen atoms in total. The summed E-state index contributed by atoms with van der Waals surface area (Å²) in [6, 6.07) is 0. The van der Waals surface area contributed by atoms with E-state index >= 15 is 0 Å². The lowest BCUT2D eigenvalue weighted by Crippen LogP contribution is -2.30. The fourth-order valence-corrected chi connectivity index (χ4v) is 5.86. The molecule has 116 valence electrons. The Balaban J connectivity index is 1.54. The van der Waals surface area contributed by atoms with Gasteiger partial charge in [-0.25, -0.2) is 0 Å². The van der Waals surface area contributed by atoms with Crippen molar-refractivity contribution in [3.8, 4) is 0 Å². The van der Waals surface area contributed by atoms with Crippen LogP contribution in [0.4, 0.5) is 0 Å². The van der Waals surface area contributed by atoms with Gasteiger partial charge in [0.1, 0.15) is 0 Å². The van der Waals surface area contributed by atoms with Gasteiger partial charge >= 0.3 is 0 Å². The minimum Gasteiger partial charge on any atom is -0.0651 e. The number of hydrogen-bond acceptors (Lipinski definition) is 0. The van der Waals surface area contributed by atoms with Gasteiger partial charge in [-0.3, -0.25) is 0 Å². The molecule has 0 aromatic carbocycles. The van der Waals surface area contributed by atoms with Gasteiger partial charge in [-0.1, -0.05) is 84.0 Å². The van der Waals surface area contributed by atoms with E-state index in [0.717, 1.165) is 29.6 Å². The monoisotopic (exact) mass is 276 g/mol. The zero-order chi connectivity index (χ0) is 13.8. The van der Waals surface area contributed by atoms with E-state index in [2.05, 4.69) is 6.92 Å². The summed E-state index contributed by atoms with van der Waals surface area (Å²) < 4.78 is 0. The predicted octanol–water partition coefficient (Wildman–Crippen LogP) is 6.59. The molecule has 0 aliphatic heterocycles. The Labute approximate surface area is 127 Å². The molecule has 3 aliphatic carbocycles. The van der Waals surface area contributed by atoms with Crippen molar-refractivity contribution in [3.05, 3.63) is 0 Å². The molecule has 3 saturated carbocycles. The molecule has 0 heterocycles. The molecule has 0 heteroatoms. The standard InChI is InChI=1S/C20H36/c1-2-16-8-6-11-18(14-16)20-13-7-12-19(15-20)17-9-4-3-5-10-17/h16-20H,2-15H2,1H3. The van der Waals surface area contributed by atoms with Gasteiger partial charge in [-0.2, -0.15) is 0 Å². The Morgan fingerprint density at radius 3 is 1.80 bits per heavy atom. The molecular weight excluding hydrogens is 240 g/mol. The first-order valence-corrected chi connectivity index (χ1v) is 9.86. The molecule has 0 bridgehead atoms. The maximum absolute atomic E-state index is 2.42. The van der Waals surface area contributed by atoms with Crippen LogP contribution in [0.25, 0.3) is 0 Å². The van der Waals surface area contributed by atoms with E-state index in [-0.39, 0.29) is 0 Å². The van der Waals surface area contributed by atoms with Crippen molar-refractivity contribution >= 4 is 0 Å². The van der Waals surface area contributed by atoms with Gasteiger partial charge < -0.3 is 0 Å². The summed E-state index contributed by atoms with van der Waals surface area (Å²) >= 11 is 0. The highest BCUT2D eigenvalue weighted by Crippen LogP contribution is 2.46. The van der Waals surface area contributed by atoms with E-state index in [4.69, 9.17) is 0 Å². The van der Waals surface area contributed by atoms with Crippen molar-refractivity contribution in [2.75, 3.05) is 0 Å². The first-order chi connectivity index (χ1) is 9.86. The highest BCUT2D eigenvalue weighted by molar-refractivity contribution is 4.85. The van der Waals surface area contributed by atoms with Gasteiger partial charge in [-0.05, 0) is 42.4 Å². The van der Waals surface area contributed by atoms with Crippen molar-refractivity contribution in [1.29, 1.82) is 0 Å². The molecule has 0 amide bonds. The zero-order valence-electron chi connectivity index (χ0n) is 13.8. The van der Waals surface area contributed by atoms with Gasteiger partial charge in [-0.15, -0.1) is 0 Å². The van der Waals surface area contributed by atoms with Gasteiger partial charge in [0.25, 0.3) is 0 Å². The smallest absolute Gasteiger partial charge is 0.0383 e. The van der Waals surface area contributed by atoms with E-state index < -0.39 is 0 Å². The van der Waals surface area contributed by atoms with Gasteiger partial charge in [0, 0.05) is 0 Å². The summed E-state index contributed by atoms with van der Waals surface area (Å²) in [5.41, 5.74) is 0. The zero-order valence-corrected chi connectivity index (χ0v) is 13.8. The predicted molar refractivity (Wildman–Crippen MR) is 87.8 cm³/mol. The Hall–Kier alpha value is 0. The lowest BCUT2D eigenvalue weighted by atomic mass is 9.64. The van der Waals surface area contributed by atoms with Crippen LogP contribution in [0.5, 0.6) is 0 Å². The third kappa shape index (κ3) is 3.60. The van der Waals surface area contributed by atoms with E-state index in [0.29, 0.717) is 0 Å². The second-order valence-electron chi connectivity index (χ2n) is 8.29. The highest BCUT2D eigenvalue weighted by atomic mass is 14.4. The third-order valence-electron chi connectivity index (χ3n) is 7.14. The number of rotatable bonds is 3. The average molecular weight is 277 g/mol. The summed E-state index contributed by atoms with van der Waals surface area (Å²) in [6.45, 7) is 2.42. The quantitative estimate of drug-likeness (QED) is 0.545. The van der Waals surface area contributed by atoms with Crippen molar-refractivity contribution in [2.45, 2.75) is 96.8 Å². The molecule has 3 aliphatic rings. The van der Waals surface area contributed by atoms with Crippen LogP contribution in [0.15, 0.2) is 0 Å². The molecule has 0 N–H and O–H groups in total. The lowest BCUT2D eigenvalue weighted by Gasteiger charge is -2.41. The fourth-order valence-electron chi connectivity index (χ4n) is 5.86. The van der Waals surface area contributed by atoms with Crippen molar-refractivity contribution in [2.24, 2.45) is 29.6 Å². The van der Waals surface area contributed by atoms with Crippen LogP contribution >= 0.6 is 0 Å². The van der Waals surface area contributed by atoms with E-state index in [1.807, 2.05) is 0 Å². The van der Waals surface area contributed by atoms with E-state index in [1.165, 1.54) is 38.5 Å². The van der Waals surface area contributed by atoms with Gasteiger partial charge in [0.15, 0.2) is 0 Å². The maximum Gasteiger partial charge on any atom is -0.0383 e. The van der Waals surface area contributed by atoms with Crippen LogP contribution in [0, 0.1) is 29.6 Å². The second-order valence-corrected chi connectivity index (χ2v) is 8.29. The van der Waals surface area contributed by atoms with Crippen molar-refractivity contribution in [3.63, 3.8) is 0 Å². The Morgan fingerprint density at radius 2 is 1.10 bits per heavy atom. The van der Waals surface area contributed by atoms with Gasteiger partial charge in [0.2, 0.25) is 0 Å². The van der Waals surface area contributed by atoms with Crippen molar-refractivity contribution in [1.82, 2.24) is 0 Å².